The summed E-state index contributed by atoms with van der Waals surface area (Å²) in [4.78, 5) is 4.06. The van der Waals surface area contributed by atoms with Gasteiger partial charge in [0.25, 0.3) is 0 Å². The van der Waals surface area contributed by atoms with E-state index >= 15 is 0 Å². The maximum Gasteiger partial charge on any atom is 0.188 e. The zero-order valence-corrected chi connectivity index (χ0v) is 9.73. The van der Waals surface area contributed by atoms with Crippen LogP contribution in [-0.2, 0) is 5.60 Å². The van der Waals surface area contributed by atoms with Crippen LogP contribution in [0.4, 0.5) is 0 Å². The van der Waals surface area contributed by atoms with Crippen molar-refractivity contribution in [3.8, 4) is 0 Å². The van der Waals surface area contributed by atoms with Crippen LogP contribution in [0, 0.1) is 0 Å². The molecule has 1 aromatic heterocycles. The molecule has 5 nitrogen and oxygen atoms in total. The first-order valence-electron chi connectivity index (χ1n) is 5.36. The highest BCUT2D eigenvalue weighted by Crippen LogP contribution is 2.20. The highest BCUT2D eigenvalue weighted by Gasteiger charge is 2.25. The van der Waals surface area contributed by atoms with E-state index in [0.717, 1.165) is 13.0 Å². The van der Waals surface area contributed by atoms with E-state index < -0.39 is 5.60 Å². The van der Waals surface area contributed by atoms with Gasteiger partial charge in [0, 0.05) is 6.54 Å². The van der Waals surface area contributed by atoms with Crippen LogP contribution in [0.2, 0.25) is 0 Å². The van der Waals surface area contributed by atoms with Crippen LogP contribution in [0.3, 0.4) is 0 Å². The van der Waals surface area contributed by atoms with Crippen LogP contribution in [-0.4, -0.2) is 24.2 Å². The molecule has 1 unspecified atom stereocenters. The molecular weight excluding hydrogens is 206 g/mol. The number of hydrogen-bond donors (Lipinski definition) is 3. The summed E-state index contributed by atoms with van der Waals surface area (Å²) < 4.78 is 5.13. The van der Waals surface area contributed by atoms with Gasteiger partial charge in [0.15, 0.2) is 5.96 Å². The topological polar surface area (TPSA) is 83.8 Å². The molecule has 90 valence electrons. The lowest BCUT2D eigenvalue weighted by atomic mass is 10.0. The van der Waals surface area contributed by atoms with Crippen molar-refractivity contribution in [1.82, 2.24) is 5.32 Å². The van der Waals surface area contributed by atoms with Crippen molar-refractivity contribution in [3.05, 3.63) is 24.2 Å². The lowest BCUT2D eigenvalue weighted by Gasteiger charge is -2.18. The van der Waals surface area contributed by atoms with Crippen LogP contribution >= 0.6 is 0 Å². The van der Waals surface area contributed by atoms with Gasteiger partial charge in [-0.2, -0.15) is 0 Å². The molecule has 0 radical (unpaired) electrons. The zero-order valence-electron chi connectivity index (χ0n) is 9.73. The van der Waals surface area contributed by atoms with Crippen LogP contribution < -0.4 is 11.1 Å². The molecule has 0 aliphatic heterocycles. The van der Waals surface area contributed by atoms with Gasteiger partial charge in [-0.05, 0) is 25.5 Å². The van der Waals surface area contributed by atoms with Crippen molar-refractivity contribution in [3.63, 3.8) is 0 Å². The number of nitrogens with one attached hydrogen (secondary N) is 1. The normalized spacial score (nSPS) is 15.8. The molecular formula is C11H19N3O2. The molecule has 1 aromatic rings. The second-order valence-corrected chi connectivity index (χ2v) is 3.88. The number of guanidine groups is 1. The van der Waals surface area contributed by atoms with Gasteiger partial charge in [0.05, 0.1) is 12.8 Å². The van der Waals surface area contributed by atoms with E-state index in [4.69, 9.17) is 10.2 Å². The molecule has 1 heterocycles. The van der Waals surface area contributed by atoms with Crippen molar-refractivity contribution >= 4 is 5.96 Å². The summed E-state index contributed by atoms with van der Waals surface area (Å²) in [5.74, 6) is 0.827. The fraction of sp³-hybridized carbons (Fsp3) is 0.545. The number of aliphatic hydroxyl groups is 1. The van der Waals surface area contributed by atoms with Crippen molar-refractivity contribution in [2.45, 2.75) is 25.9 Å². The first-order chi connectivity index (χ1) is 7.56. The summed E-state index contributed by atoms with van der Waals surface area (Å²) in [5.41, 5.74) is 4.49. The van der Waals surface area contributed by atoms with Crippen LogP contribution in [0.25, 0.3) is 0 Å². The van der Waals surface area contributed by atoms with Crippen molar-refractivity contribution in [2.75, 3.05) is 13.1 Å². The third kappa shape index (κ3) is 3.58. The molecule has 0 aliphatic carbocycles. The summed E-state index contributed by atoms with van der Waals surface area (Å²) in [6.07, 6.45) is 2.50. The molecule has 0 saturated heterocycles. The monoisotopic (exact) mass is 225 g/mol. The van der Waals surface area contributed by atoms with Gasteiger partial charge in [-0.25, -0.2) is 4.99 Å². The molecule has 1 rings (SSSR count). The Morgan fingerprint density at radius 3 is 3.00 bits per heavy atom. The molecule has 0 aliphatic rings. The Balaban J connectivity index is 2.53. The van der Waals surface area contributed by atoms with E-state index in [1.54, 1.807) is 19.1 Å². The smallest absolute Gasteiger partial charge is 0.188 e. The molecule has 0 saturated carbocycles. The maximum atomic E-state index is 10.1. The minimum atomic E-state index is -1.12. The summed E-state index contributed by atoms with van der Waals surface area (Å²) in [7, 11) is 0. The number of nitrogens with zero attached hydrogens (tertiary/aromatic N) is 1. The fourth-order valence-electron chi connectivity index (χ4n) is 1.21. The first kappa shape index (κ1) is 12.6. The molecule has 4 N–H and O–H groups in total. The standard InChI is InChI=1S/C11H19N3O2/c1-3-6-13-10(12)14-8-11(2,15)9-5-4-7-16-9/h4-5,7,15H,3,6,8H2,1-2H3,(H3,12,13,14). The molecule has 16 heavy (non-hydrogen) atoms. The Labute approximate surface area is 95.4 Å². The third-order valence-electron chi connectivity index (χ3n) is 2.17. The van der Waals surface area contributed by atoms with Gasteiger partial charge in [-0.1, -0.05) is 6.92 Å². The molecule has 0 aromatic carbocycles. The minimum absolute atomic E-state index is 0.170. The number of furan rings is 1. The van der Waals surface area contributed by atoms with E-state index in [1.807, 2.05) is 6.92 Å². The Hall–Kier alpha value is -1.49. The third-order valence-corrected chi connectivity index (χ3v) is 2.17. The largest absolute Gasteiger partial charge is 0.466 e. The molecule has 0 fully saturated rings. The Morgan fingerprint density at radius 1 is 1.69 bits per heavy atom. The quantitative estimate of drug-likeness (QED) is 0.511. The number of hydrogen-bond acceptors (Lipinski definition) is 3. The van der Waals surface area contributed by atoms with Gasteiger partial charge >= 0.3 is 0 Å². The number of rotatable bonds is 5. The van der Waals surface area contributed by atoms with Crippen LogP contribution in [0.1, 0.15) is 26.0 Å². The van der Waals surface area contributed by atoms with Crippen molar-refractivity contribution < 1.29 is 9.52 Å². The first-order valence-corrected chi connectivity index (χ1v) is 5.36. The van der Waals surface area contributed by atoms with Gasteiger partial charge in [0.1, 0.15) is 11.4 Å². The van der Waals surface area contributed by atoms with Gasteiger partial charge < -0.3 is 20.6 Å². The molecule has 1 atom stereocenters. The minimum Gasteiger partial charge on any atom is -0.466 e. The Bertz CT molecular complexity index is 331. The van der Waals surface area contributed by atoms with Crippen LogP contribution in [0.15, 0.2) is 27.8 Å². The average Bonchev–Trinajstić information content (AvgIpc) is 2.77. The van der Waals surface area contributed by atoms with E-state index in [2.05, 4.69) is 10.3 Å². The molecule has 0 bridgehead atoms. The van der Waals surface area contributed by atoms with E-state index in [-0.39, 0.29) is 6.54 Å². The number of aliphatic imine (C=N–C) groups is 1. The van der Waals surface area contributed by atoms with Crippen molar-refractivity contribution in [1.29, 1.82) is 0 Å². The van der Waals surface area contributed by atoms with E-state index in [1.165, 1.54) is 6.26 Å². The second-order valence-electron chi connectivity index (χ2n) is 3.88. The SMILES string of the molecule is CCCNC(N)=NCC(C)(O)c1ccco1. The lowest BCUT2D eigenvalue weighted by Crippen LogP contribution is -2.34. The van der Waals surface area contributed by atoms with Gasteiger partial charge in [-0.15, -0.1) is 0 Å². The van der Waals surface area contributed by atoms with Crippen molar-refractivity contribution in [2.24, 2.45) is 10.7 Å². The van der Waals surface area contributed by atoms with Gasteiger partial charge in [-0.3, -0.25) is 0 Å². The van der Waals surface area contributed by atoms with E-state index in [9.17, 15) is 5.11 Å². The Morgan fingerprint density at radius 2 is 2.44 bits per heavy atom. The van der Waals surface area contributed by atoms with E-state index in [0.29, 0.717) is 11.7 Å². The zero-order chi connectivity index (χ0) is 12.0. The number of nitrogens with two attached hydrogens (primary N) is 1. The summed E-state index contributed by atoms with van der Waals surface area (Å²) in [6.45, 7) is 4.63. The average molecular weight is 225 g/mol. The molecule has 0 spiro atoms. The maximum absolute atomic E-state index is 10.1. The second kappa shape index (κ2) is 5.55. The lowest BCUT2D eigenvalue weighted by molar-refractivity contribution is 0.0437. The highest BCUT2D eigenvalue weighted by atomic mass is 16.4. The summed E-state index contributed by atoms with van der Waals surface area (Å²) in [5, 5.41) is 13.0. The molecule has 5 heteroatoms. The fourth-order valence-corrected chi connectivity index (χ4v) is 1.21. The van der Waals surface area contributed by atoms with Crippen LogP contribution in [0.5, 0.6) is 0 Å². The summed E-state index contributed by atoms with van der Waals surface area (Å²) in [6, 6.07) is 3.44. The van der Waals surface area contributed by atoms with Gasteiger partial charge in [0.2, 0.25) is 0 Å². The summed E-state index contributed by atoms with van der Waals surface area (Å²) >= 11 is 0. The predicted molar refractivity (Wildman–Crippen MR) is 63.1 cm³/mol. The Kier molecular flexibility index (Phi) is 4.37. The molecule has 0 amide bonds. The predicted octanol–water partition coefficient (Wildman–Crippen LogP) is 0.801. The highest BCUT2D eigenvalue weighted by molar-refractivity contribution is 5.77.